The highest BCUT2D eigenvalue weighted by molar-refractivity contribution is 5.18. The fourth-order valence-electron chi connectivity index (χ4n) is 1.08. The van der Waals surface area contributed by atoms with Crippen LogP contribution in [0, 0.1) is 6.92 Å². The first-order valence-electron chi connectivity index (χ1n) is 4.86. The van der Waals surface area contributed by atoms with Crippen molar-refractivity contribution in [3.05, 3.63) is 29.6 Å². The third-order valence-corrected chi connectivity index (χ3v) is 1.66. The molecule has 0 aliphatic rings. The van der Waals surface area contributed by atoms with Crippen LogP contribution in [0.15, 0.2) is 18.3 Å². The van der Waals surface area contributed by atoms with Gasteiger partial charge in [0.15, 0.2) is 0 Å². The highest BCUT2D eigenvalue weighted by Gasteiger charge is 2.00. The normalized spacial score (nSPS) is 11.5. The minimum absolute atomic E-state index is 0.220. The van der Waals surface area contributed by atoms with Crippen LogP contribution in [0.2, 0.25) is 0 Å². The fourth-order valence-corrected chi connectivity index (χ4v) is 1.08. The second-order valence-electron chi connectivity index (χ2n) is 2.93. The number of rotatable bonds is 2. The van der Waals surface area contributed by atoms with Crippen LogP contribution in [-0.4, -0.2) is 11.0 Å². The lowest BCUT2D eigenvalue weighted by Crippen LogP contribution is -2.18. The van der Waals surface area contributed by atoms with E-state index in [0.29, 0.717) is 0 Å². The van der Waals surface area contributed by atoms with E-state index < -0.39 is 0 Å². The molecule has 1 heterocycles. The largest absolute Gasteiger partial charge is 0.328 e. The van der Waals surface area contributed by atoms with Gasteiger partial charge in [-0.2, -0.15) is 0 Å². The van der Waals surface area contributed by atoms with E-state index in [-0.39, 0.29) is 6.04 Å². The van der Waals surface area contributed by atoms with Crippen LogP contribution < -0.4 is 5.73 Å². The predicted molar refractivity (Wildman–Crippen MR) is 57.7 cm³/mol. The zero-order valence-electron chi connectivity index (χ0n) is 9.04. The Hall–Kier alpha value is -0.890. The summed E-state index contributed by atoms with van der Waals surface area (Å²) in [5, 5.41) is 0. The number of pyridine rings is 1. The summed E-state index contributed by atoms with van der Waals surface area (Å²) < 4.78 is 0. The molecule has 0 bridgehead atoms. The maximum Gasteiger partial charge on any atom is 0.0405 e. The van der Waals surface area contributed by atoms with E-state index in [1.807, 2.05) is 33.8 Å². The van der Waals surface area contributed by atoms with Crippen molar-refractivity contribution >= 4 is 0 Å². The van der Waals surface area contributed by atoms with Crippen LogP contribution in [0.25, 0.3) is 0 Å². The topological polar surface area (TPSA) is 38.9 Å². The van der Waals surface area contributed by atoms with E-state index in [0.717, 1.165) is 12.1 Å². The Morgan fingerprint density at radius 3 is 2.54 bits per heavy atom. The lowest BCUT2D eigenvalue weighted by atomic mass is 10.1. The van der Waals surface area contributed by atoms with Crippen molar-refractivity contribution in [1.29, 1.82) is 0 Å². The molecule has 2 N–H and O–H groups in total. The number of hydrogen-bond acceptors (Lipinski definition) is 2. The van der Waals surface area contributed by atoms with Crippen LogP contribution in [-0.2, 0) is 6.42 Å². The summed E-state index contributed by atoms with van der Waals surface area (Å²) in [4.78, 5) is 4.18. The molecule has 1 unspecified atom stereocenters. The average molecular weight is 180 g/mol. The lowest BCUT2D eigenvalue weighted by Gasteiger charge is -2.06. The summed E-state index contributed by atoms with van der Waals surface area (Å²) in [5.74, 6) is 0. The Bertz CT molecular complexity index is 231. The molecule has 2 nitrogen and oxygen atoms in total. The molecule has 1 aromatic heterocycles. The van der Waals surface area contributed by atoms with Gasteiger partial charge >= 0.3 is 0 Å². The highest BCUT2D eigenvalue weighted by Crippen LogP contribution is 2.05. The van der Waals surface area contributed by atoms with E-state index in [1.54, 1.807) is 6.20 Å². The molecule has 1 rings (SSSR count). The maximum atomic E-state index is 5.67. The second-order valence-corrected chi connectivity index (χ2v) is 2.93. The van der Waals surface area contributed by atoms with E-state index in [1.165, 1.54) is 5.56 Å². The number of nitrogens with zero attached hydrogens (tertiary/aromatic N) is 1. The molecule has 0 aliphatic heterocycles. The van der Waals surface area contributed by atoms with Crippen molar-refractivity contribution in [1.82, 2.24) is 4.98 Å². The molecule has 0 saturated heterocycles. The minimum atomic E-state index is 0.220. The molecule has 0 amide bonds. The van der Waals surface area contributed by atoms with Gasteiger partial charge in [-0.3, -0.25) is 4.98 Å². The smallest absolute Gasteiger partial charge is 0.0405 e. The van der Waals surface area contributed by atoms with E-state index in [4.69, 9.17) is 5.73 Å². The van der Waals surface area contributed by atoms with Crippen molar-refractivity contribution in [3.63, 3.8) is 0 Å². The summed E-state index contributed by atoms with van der Waals surface area (Å²) >= 11 is 0. The van der Waals surface area contributed by atoms with Crippen molar-refractivity contribution in [2.45, 2.75) is 40.2 Å². The molecule has 0 radical (unpaired) electrons. The van der Waals surface area contributed by atoms with Crippen molar-refractivity contribution < 1.29 is 0 Å². The monoisotopic (exact) mass is 180 g/mol. The van der Waals surface area contributed by atoms with E-state index in [2.05, 4.69) is 11.1 Å². The molecular formula is C11H20N2. The first-order chi connectivity index (χ1) is 6.20. The maximum absolute atomic E-state index is 5.67. The van der Waals surface area contributed by atoms with E-state index in [9.17, 15) is 0 Å². The number of nitrogens with two attached hydrogens (primary N) is 1. The quantitative estimate of drug-likeness (QED) is 0.758. The van der Waals surface area contributed by atoms with Gasteiger partial charge in [0.1, 0.15) is 0 Å². The molecule has 74 valence electrons. The van der Waals surface area contributed by atoms with Crippen molar-refractivity contribution in [2.75, 3.05) is 0 Å². The molecule has 1 aromatic rings. The molecule has 1 atom stereocenters. The van der Waals surface area contributed by atoms with Crippen LogP contribution in [0.3, 0.4) is 0 Å². The Labute approximate surface area is 81.2 Å². The Balaban J connectivity index is 0.000000671. The third-order valence-electron chi connectivity index (χ3n) is 1.66. The number of aryl methyl sites for hydroxylation is 1. The first kappa shape index (κ1) is 12.1. The van der Waals surface area contributed by atoms with Crippen LogP contribution in [0.4, 0.5) is 0 Å². The van der Waals surface area contributed by atoms with Gasteiger partial charge in [-0.05, 0) is 31.9 Å². The van der Waals surface area contributed by atoms with Gasteiger partial charge in [-0.1, -0.05) is 19.9 Å². The molecule has 0 saturated carbocycles. The molecule has 2 heteroatoms. The lowest BCUT2D eigenvalue weighted by molar-refractivity contribution is 0.731. The Kier molecular flexibility index (Phi) is 6.15. The minimum Gasteiger partial charge on any atom is -0.328 e. The van der Waals surface area contributed by atoms with Crippen LogP contribution >= 0.6 is 0 Å². The third kappa shape index (κ3) is 4.63. The summed E-state index contributed by atoms with van der Waals surface area (Å²) in [6, 6.07) is 4.24. The average Bonchev–Trinajstić information content (AvgIpc) is 2.12. The second kappa shape index (κ2) is 6.61. The molecular weight excluding hydrogens is 160 g/mol. The fraction of sp³-hybridized carbons (Fsp3) is 0.545. The van der Waals surface area contributed by atoms with Crippen molar-refractivity contribution in [3.8, 4) is 0 Å². The zero-order chi connectivity index (χ0) is 10.3. The Morgan fingerprint density at radius 1 is 1.46 bits per heavy atom. The van der Waals surface area contributed by atoms with Crippen LogP contribution in [0.1, 0.15) is 32.0 Å². The molecule has 13 heavy (non-hydrogen) atoms. The standard InChI is InChI=1S/C9H14N2.C2H6/c1-7(10)6-9-4-3-5-11-8(9)2;1-2/h3-5,7H,6,10H2,1-2H3;1-2H3. The Morgan fingerprint density at radius 2 is 2.08 bits per heavy atom. The SMILES string of the molecule is CC.Cc1ncccc1CC(C)N. The van der Waals surface area contributed by atoms with Gasteiger partial charge in [0.2, 0.25) is 0 Å². The number of aromatic nitrogens is 1. The van der Waals surface area contributed by atoms with Gasteiger partial charge in [0.05, 0.1) is 0 Å². The van der Waals surface area contributed by atoms with Crippen LogP contribution in [0.5, 0.6) is 0 Å². The summed E-state index contributed by atoms with van der Waals surface area (Å²) in [5.41, 5.74) is 8.01. The van der Waals surface area contributed by atoms with E-state index >= 15 is 0 Å². The molecule has 0 fully saturated rings. The van der Waals surface area contributed by atoms with Gasteiger partial charge in [0.25, 0.3) is 0 Å². The summed E-state index contributed by atoms with van der Waals surface area (Å²) in [6.07, 6.45) is 2.72. The van der Waals surface area contributed by atoms with Gasteiger partial charge in [0, 0.05) is 17.9 Å². The van der Waals surface area contributed by atoms with Gasteiger partial charge < -0.3 is 5.73 Å². The van der Waals surface area contributed by atoms with Gasteiger partial charge in [-0.15, -0.1) is 0 Å². The summed E-state index contributed by atoms with van der Waals surface area (Å²) in [7, 11) is 0. The molecule has 0 aliphatic carbocycles. The van der Waals surface area contributed by atoms with Crippen molar-refractivity contribution in [2.24, 2.45) is 5.73 Å². The molecule has 0 aromatic carbocycles. The number of hydrogen-bond donors (Lipinski definition) is 1. The predicted octanol–water partition coefficient (Wildman–Crippen LogP) is 2.31. The summed E-state index contributed by atoms with van der Waals surface area (Å²) in [6.45, 7) is 8.02. The molecule has 0 spiro atoms. The van der Waals surface area contributed by atoms with Gasteiger partial charge in [-0.25, -0.2) is 0 Å². The zero-order valence-corrected chi connectivity index (χ0v) is 9.04. The highest BCUT2D eigenvalue weighted by atomic mass is 14.7. The first-order valence-corrected chi connectivity index (χ1v) is 4.86.